The standard InChI is InChI=1S/C13H16N4S/c1-2-17(9-10-5-4-8-18-10)11-6-3-7-16-12(11)13(14)15/h3-8H,2,9H2,1H3,(H3,14,15). The van der Waals surface area contributed by atoms with Gasteiger partial charge in [-0.05, 0) is 30.5 Å². The van der Waals surface area contributed by atoms with Crippen molar-refractivity contribution in [2.45, 2.75) is 13.5 Å². The van der Waals surface area contributed by atoms with Gasteiger partial charge in [0, 0.05) is 17.6 Å². The minimum absolute atomic E-state index is 0.00947. The van der Waals surface area contributed by atoms with Crippen LogP contribution in [0.2, 0.25) is 0 Å². The number of hydrogen-bond acceptors (Lipinski definition) is 4. The first-order valence-electron chi connectivity index (χ1n) is 5.79. The molecule has 5 heteroatoms. The van der Waals surface area contributed by atoms with E-state index in [-0.39, 0.29) is 5.84 Å². The van der Waals surface area contributed by atoms with E-state index in [0.29, 0.717) is 5.69 Å². The van der Waals surface area contributed by atoms with Crippen molar-refractivity contribution in [2.75, 3.05) is 11.4 Å². The number of amidine groups is 1. The number of pyridine rings is 1. The molecule has 0 unspecified atom stereocenters. The molecule has 0 aliphatic heterocycles. The third kappa shape index (κ3) is 2.68. The van der Waals surface area contributed by atoms with Crippen LogP contribution in [0.25, 0.3) is 0 Å². The highest BCUT2D eigenvalue weighted by Crippen LogP contribution is 2.21. The summed E-state index contributed by atoms with van der Waals surface area (Å²) in [5.41, 5.74) is 7.05. The van der Waals surface area contributed by atoms with Crippen LogP contribution in [0.1, 0.15) is 17.5 Å². The molecule has 0 aliphatic rings. The lowest BCUT2D eigenvalue weighted by atomic mass is 10.2. The number of rotatable bonds is 5. The van der Waals surface area contributed by atoms with Crippen molar-refractivity contribution < 1.29 is 0 Å². The molecule has 2 heterocycles. The topological polar surface area (TPSA) is 66.0 Å². The Morgan fingerprint density at radius 2 is 2.28 bits per heavy atom. The quantitative estimate of drug-likeness (QED) is 0.641. The van der Waals surface area contributed by atoms with Crippen molar-refractivity contribution in [3.05, 3.63) is 46.4 Å². The predicted molar refractivity (Wildman–Crippen MR) is 76.3 cm³/mol. The van der Waals surface area contributed by atoms with Gasteiger partial charge in [0.15, 0.2) is 0 Å². The Bertz CT molecular complexity index is 522. The zero-order valence-electron chi connectivity index (χ0n) is 10.3. The smallest absolute Gasteiger partial charge is 0.143 e. The summed E-state index contributed by atoms with van der Waals surface area (Å²) in [5, 5.41) is 9.65. The second-order valence-corrected chi connectivity index (χ2v) is 4.91. The van der Waals surface area contributed by atoms with E-state index in [1.807, 2.05) is 18.2 Å². The molecule has 94 valence electrons. The monoisotopic (exact) mass is 260 g/mol. The summed E-state index contributed by atoms with van der Waals surface area (Å²) in [6.07, 6.45) is 1.67. The van der Waals surface area contributed by atoms with Crippen molar-refractivity contribution in [3.8, 4) is 0 Å². The summed E-state index contributed by atoms with van der Waals surface area (Å²) < 4.78 is 0. The number of hydrogen-bond donors (Lipinski definition) is 2. The highest BCUT2D eigenvalue weighted by Gasteiger charge is 2.13. The highest BCUT2D eigenvalue weighted by atomic mass is 32.1. The van der Waals surface area contributed by atoms with E-state index in [9.17, 15) is 0 Å². The molecule has 0 saturated carbocycles. The average Bonchev–Trinajstić information content (AvgIpc) is 2.88. The third-order valence-corrected chi connectivity index (χ3v) is 3.55. The highest BCUT2D eigenvalue weighted by molar-refractivity contribution is 7.09. The fraction of sp³-hybridized carbons (Fsp3) is 0.231. The lowest BCUT2D eigenvalue weighted by Crippen LogP contribution is -2.26. The van der Waals surface area contributed by atoms with Crippen LogP contribution in [0.5, 0.6) is 0 Å². The first kappa shape index (κ1) is 12.6. The molecule has 0 radical (unpaired) electrons. The molecule has 0 bridgehead atoms. The van der Waals surface area contributed by atoms with Crippen molar-refractivity contribution in [2.24, 2.45) is 5.73 Å². The minimum Gasteiger partial charge on any atom is -0.382 e. The Morgan fingerprint density at radius 3 is 2.89 bits per heavy atom. The maximum absolute atomic E-state index is 7.59. The van der Waals surface area contributed by atoms with Crippen LogP contribution in [0.4, 0.5) is 5.69 Å². The minimum atomic E-state index is 0.00947. The van der Waals surface area contributed by atoms with Crippen molar-refractivity contribution >= 4 is 22.9 Å². The molecule has 4 nitrogen and oxygen atoms in total. The normalized spacial score (nSPS) is 10.3. The fourth-order valence-electron chi connectivity index (χ4n) is 1.82. The molecular formula is C13H16N4S. The van der Waals surface area contributed by atoms with Crippen LogP contribution in [0, 0.1) is 5.41 Å². The molecule has 3 N–H and O–H groups in total. The molecule has 2 aromatic rings. The summed E-state index contributed by atoms with van der Waals surface area (Å²) in [4.78, 5) is 7.65. The Hall–Kier alpha value is -1.88. The van der Waals surface area contributed by atoms with Gasteiger partial charge in [0.1, 0.15) is 11.5 Å². The summed E-state index contributed by atoms with van der Waals surface area (Å²) in [5.74, 6) is 0.00947. The second-order valence-electron chi connectivity index (χ2n) is 3.88. The van der Waals surface area contributed by atoms with Crippen LogP contribution in [-0.4, -0.2) is 17.4 Å². The number of thiophene rings is 1. The van der Waals surface area contributed by atoms with Crippen LogP contribution in [-0.2, 0) is 6.54 Å². The maximum atomic E-state index is 7.59. The summed E-state index contributed by atoms with van der Waals surface area (Å²) in [7, 11) is 0. The van der Waals surface area contributed by atoms with Gasteiger partial charge < -0.3 is 10.6 Å². The number of nitrogen functional groups attached to an aromatic ring is 1. The zero-order chi connectivity index (χ0) is 13.0. The molecule has 0 saturated heterocycles. The van der Waals surface area contributed by atoms with Gasteiger partial charge in [0.2, 0.25) is 0 Å². The zero-order valence-corrected chi connectivity index (χ0v) is 11.1. The second kappa shape index (κ2) is 5.64. The van der Waals surface area contributed by atoms with Crippen LogP contribution < -0.4 is 10.6 Å². The third-order valence-electron chi connectivity index (χ3n) is 2.69. The average molecular weight is 260 g/mol. The van der Waals surface area contributed by atoms with Gasteiger partial charge in [0.25, 0.3) is 0 Å². The molecular weight excluding hydrogens is 244 g/mol. The van der Waals surface area contributed by atoms with Gasteiger partial charge in [-0.2, -0.15) is 0 Å². The number of nitrogens with two attached hydrogens (primary N) is 1. The number of nitrogens with one attached hydrogen (secondary N) is 1. The van der Waals surface area contributed by atoms with Crippen molar-refractivity contribution in [3.63, 3.8) is 0 Å². The van der Waals surface area contributed by atoms with E-state index in [4.69, 9.17) is 11.1 Å². The Morgan fingerprint density at radius 1 is 1.44 bits per heavy atom. The largest absolute Gasteiger partial charge is 0.382 e. The number of anilines is 1. The summed E-state index contributed by atoms with van der Waals surface area (Å²) in [6.45, 7) is 3.76. The first-order valence-corrected chi connectivity index (χ1v) is 6.67. The van der Waals surface area contributed by atoms with Gasteiger partial charge in [-0.25, -0.2) is 0 Å². The lowest BCUT2D eigenvalue weighted by Gasteiger charge is -2.24. The summed E-state index contributed by atoms with van der Waals surface area (Å²) >= 11 is 1.73. The number of nitrogens with zero attached hydrogens (tertiary/aromatic N) is 2. The van der Waals surface area contributed by atoms with E-state index in [2.05, 4.69) is 28.3 Å². The Balaban J connectivity index is 2.30. The van der Waals surface area contributed by atoms with E-state index < -0.39 is 0 Å². The maximum Gasteiger partial charge on any atom is 0.143 e. The SMILES string of the molecule is CCN(Cc1cccs1)c1cccnc1C(=N)N. The molecule has 2 aromatic heterocycles. The first-order chi connectivity index (χ1) is 8.72. The van der Waals surface area contributed by atoms with E-state index in [1.165, 1.54) is 4.88 Å². The molecule has 0 aliphatic carbocycles. The Labute approximate surface area is 111 Å². The van der Waals surface area contributed by atoms with E-state index in [1.54, 1.807) is 17.5 Å². The van der Waals surface area contributed by atoms with Gasteiger partial charge >= 0.3 is 0 Å². The predicted octanol–water partition coefficient (Wildman–Crippen LogP) is 2.45. The van der Waals surface area contributed by atoms with Crippen LogP contribution >= 0.6 is 11.3 Å². The molecule has 0 fully saturated rings. The van der Waals surface area contributed by atoms with Gasteiger partial charge in [-0.3, -0.25) is 10.4 Å². The summed E-state index contributed by atoms with van der Waals surface area (Å²) in [6, 6.07) is 7.99. The van der Waals surface area contributed by atoms with Crippen molar-refractivity contribution in [1.82, 2.24) is 4.98 Å². The molecule has 18 heavy (non-hydrogen) atoms. The van der Waals surface area contributed by atoms with E-state index >= 15 is 0 Å². The van der Waals surface area contributed by atoms with Crippen LogP contribution in [0.3, 0.4) is 0 Å². The van der Waals surface area contributed by atoms with Gasteiger partial charge in [-0.1, -0.05) is 6.07 Å². The number of aromatic nitrogens is 1. The molecule has 0 aromatic carbocycles. The van der Waals surface area contributed by atoms with E-state index in [0.717, 1.165) is 18.8 Å². The fourth-order valence-corrected chi connectivity index (χ4v) is 2.54. The molecule has 2 rings (SSSR count). The molecule has 0 amide bonds. The van der Waals surface area contributed by atoms with Crippen molar-refractivity contribution in [1.29, 1.82) is 5.41 Å². The van der Waals surface area contributed by atoms with Crippen LogP contribution in [0.15, 0.2) is 35.8 Å². The van der Waals surface area contributed by atoms with Gasteiger partial charge in [0.05, 0.1) is 12.2 Å². The van der Waals surface area contributed by atoms with Gasteiger partial charge in [-0.15, -0.1) is 11.3 Å². The molecule has 0 atom stereocenters. The Kier molecular flexibility index (Phi) is 3.94. The lowest BCUT2D eigenvalue weighted by molar-refractivity contribution is 0.837. The molecule has 0 spiro atoms.